The highest BCUT2D eigenvalue weighted by atomic mass is 16.3. The van der Waals surface area contributed by atoms with Crippen molar-refractivity contribution in [3.05, 3.63) is 0 Å². The molecule has 1 heterocycles. The summed E-state index contributed by atoms with van der Waals surface area (Å²) in [7, 11) is 0. The number of hydrogen-bond donors (Lipinski definition) is 2. The van der Waals surface area contributed by atoms with Crippen LogP contribution in [0.15, 0.2) is 0 Å². The van der Waals surface area contributed by atoms with Crippen LogP contribution in [0, 0.1) is 0 Å². The van der Waals surface area contributed by atoms with Crippen LogP contribution in [0.2, 0.25) is 0 Å². The molecule has 2 atom stereocenters. The molecule has 0 aromatic rings. The molecule has 0 aliphatic carbocycles. The van der Waals surface area contributed by atoms with E-state index < -0.39 is 6.23 Å². The van der Waals surface area contributed by atoms with Gasteiger partial charge in [-0.3, -0.25) is 4.90 Å². The van der Waals surface area contributed by atoms with E-state index in [9.17, 15) is 5.11 Å². The highest BCUT2D eigenvalue weighted by Gasteiger charge is 2.47. The minimum atomic E-state index is -0.439. The lowest BCUT2D eigenvalue weighted by Crippen LogP contribution is -2.69. The zero-order valence-corrected chi connectivity index (χ0v) is 10.0. The van der Waals surface area contributed by atoms with E-state index >= 15 is 0 Å². The Bertz CT molecular complexity index is 211. The lowest BCUT2D eigenvalue weighted by molar-refractivity contribution is -0.137. The summed E-state index contributed by atoms with van der Waals surface area (Å²) in [5, 5.41) is 9.84. The Balaban J connectivity index is 3.00. The molecule has 1 saturated heterocycles. The van der Waals surface area contributed by atoms with E-state index in [-0.39, 0.29) is 17.1 Å². The number of rotatable bonds is 1. The number of likely N-dealkylation sites (tertiary alicyclic amines) is 1. The van der Waals surface area contributed by atoms with Crippen LogP contribution >= 0.6 is 0 Å². The first-order valence-corrected chi connectivity index (χ1v) is 5.42. The van der Waals surface area contributed by atoms with Gasteiger partial charge in [-0.05, 0) is 47.5 Å². The number of nitrogens with zero attached hydrogens (tertiary/aromatic N) is 1. The Morgan fingerprint density at radius 3 is 2.21 bits per heavy atom. The van der Waals surface area contributed by atoms with Gasteiger partial charge in [0.05, 0.1) is 0 Å². The average Bonchev–Trinajstić information content (AvgIpc) is 1.95. The van der Waals surface area contributed by atoms with Crippen LogP contribution in [0.1, 0.15) is 47.5 Å². The monoisotopic (exact) mass is 200 g/mol. The number of nitrogens with two attached hydrogens (primary N) is 1. The van der Waals surface area contributed by atoms with Gasteiger partial charge in [0.1, 0.15) is 6.23 Å². The van der Waals surface area contributed by atoms with Crippen molar-refractivity contribution in [2.24, 2.45) is 5.73 Å². The van der Waals surface area contributed by atoms with Crippen molar-refractivity contribution < 1.29 is 5.11 Å². The van der Waals surface area contributed by atoms with Gasteiger partial charge in [0.15, 0.2) is 0 Å². The smallest absolute Gasteiger partial charge is 0.105 e. The summed E-state index contributed by atoms with van der Waals surface area (Å²) in [4.78, 5) is 2.13. The lowest BCUT2D eigenvalue weighted by Gasteiger charge is -2.56. The third kappa shape index (κ3) is 1.81. The van der Waals surface area contributed by atoms with Gasteiger partial charge in [0, 0.05) is 17.1 Å². The van der Waals surface area contributed by atoms with Crippen LogP contribution in [0.4, 0.5) is 0 Å². The fourth-order valence-electron chi connectivity index (χ4n) is 2.93. The molecule has 1 rings (SSSR count). The Morgan fingerprint density at radius 1 is 1.36 bits per heavy atom. The zero-order valence-electron chi connectivity index (χ0n) is 10.0. The predicted octanol–water partition coefficient (Wildman–Crippen LogP) is 1.30. The van der Waals surface area contributed by atoms with Crippen LogP contribution in [0.5, 0.6) is 0 Å². The number of aliphatic hydroxyl groups is 1. The van der Waals surface area contributed by atoms with E-state index in [4.69, 9.17) is 5.73 Å². The molecule has 1 fully saturated rings. The molecule has 0 saturated carbocycles. The van der Waals surface area contributed by atoms with Crippen molar-refractivity contribution in [2.75, 3.05) is 0 Å². The van der Waals surface area contributed by atoms with Gasteiger partial charge in [-0.1, -0.05) is 0 Å². The Kier molecular flexibility index (Phi) is 2.96. The Hall–Kier alpha value is -0.120. The van der Waals surface area contributed by atoms with Crippen molar-refractivity contribution in [3.8, 4) is 0 Å². The average molecular weight is 200 g/mol. The fourth-order valence-corrected chi connectivity index (χ4v) is 2.93. The molecule has 3 heteroatoms. The second-order valence-corrected chi connectivity index (χ2v) is 5.61. The van der Waals surface area contributed by atoms with Gasteiger partial charge in [0.25, 0.3) is 0 Å². The van der Waals surface area contributed by atoms with Crippen molar-refractivity contribution in [1.29, 1.82) is 0 Å². The summed E-state index contributed by atoms with van der Waals surface area (Å²) >= 11 is 0. The van der Waals surface area contributed by atoms with Crippen LogP contribution in [-0.4, -0.2) is 33.4 Å². The molecule has 3 nitrogen and oxygen atoms in total. The minimum Gasteiger partial charge on any atom is -0.379 e. The van der Waals surface area contributed by atoms with Gasteiger partial charge in [-0.25, -0.2) is 0 Å². The van der Waals surface area contributed by atoms with E-state index in [0.717, 1.165) is 12.8 Å². The van der Waals surface area contributed by atoms with E-state index in [2.05, 4.69) is 32.6 Å². The molecule has 1 aliphatic rings. The normalized spacial score (nSPS) is 34.1. The molecular formula is C11H24N2O. The van der Waals surface area contributed by atoms with Crippen molar-refractivity contribution in [3.63, 3.8) is 0 Å². The Labute approximate surface area is 87.3 Å². The molecule has 0 radical (unpaired) electrons. The van der Waals surface area contributed by atoms with Gasteiger partial charge in [-0.15, -0.1) is 0 Å². The molecule has 0 aromatic carbocycles. The number of piperidine rings is 1. The molecule has 0 spiro atoms. The number of aliphatic hydroxyl groups excluding tert-OH is 1. The highest BCUT2D eigenvalue weighted by Crippen LogP contribution is 2.38. The summed E-state index contributed by atoms with van der Waals surface area (Å²) in [5.41, 5.74) is 6.02. The zero-order chi connectivity index (χ0) is 11.1. The number of hydrogen-bond acceptors (Lipinski definition) is 3. The molecule has 14 heavy (non-hydrogen) atoms. The van der Waals surface area contributed by atoms with Gasteiger partial charge in [0.2, 0.25) is 0 Å². The molecule has 0 amide bonds. The maximum atomic E-state index is 9.84. The standard InChI is InChI=1S/C11H24N2O/c1-8(14)13-10(2,3)7-6-9(12)11(13,4)5/h8-9,14H,6-7,12H2,1-5H3. The summed E-state index contributed by atoms with van der Waals surface area (Å²) in [5.74, 6) is 0. The van der Waals surface area contributed by atoms with E-state index in [1.54, 1.807) is 0 Å². The van der Waals surface area contributed by atoms with Gasteiger partial charge in [-0.2, -0.15) is 0 Å². The first-order chi connectivity index (χ1) is 6.19. The second kappa shape index (κ2) is 3.47. The van der Waals surface area contributed by atoms with E-state index in [1.165, 1.54) is 0 Å². The molecule has 1 aliphatic heterocycles. The summed E-state index contributed by atoms with van der Waals surface area (Å²) < 4.78 is 0. The van der Waals surface area contributed by atoms with Gasteiger partial charge >= 0.3 is 0 Å². The van der Waals surface area contributed by atoms with Crippen LogP contribution < -0.4 is 5.73 Å². The van der Waals surface area contributed by atoms with Gasteiger partial charge < -0.3 is 10.8 Å². The maximum Gasteiger partial charge on any atom is 0.105 e. The quantitative estimate of drug-likeness (QED) is 0.671. The van der Waals surface area contributed by atoms with Crippen molar-refractivity contribution in [2.45, 2.75) is 70.8 Å². The van der Waals surface area contributed by atoms with Crippen molar-refractivity contribution >= 4 is 0 Å². The largest absolute Gasteiger partial charge is 0.379 e. The lowest BCUT2D eigenvalue weighted by atomic mass is 9.76. The van der Waals surface area contributed by atoms with Crippen LogP contribution in [-0.2, 0) is 0 Å². The minimum absolute atomic E-state index is 0.0353. The second-order valence-electron chi connectivity index (χ2n) is 5.61. The van der Waals surface area contributed by atoms with Crippen molar-refractivity contribution in [1.82, 2.24) is 4.90 Å². The van der Waals surface area contributed by atoms with E-state index in [0.29, 0.717) is 0 Å². The third-order valence-corrected chi connectivity index (χ3v) is 3.62. The molecular weight excluding hydrogens is 176 g/mol. The summed E-state index contributed by atoms with van der Waals surface area (Å²) in [6.07, 6.45) is 1.64. The molecule has 3 N–H and O–H groups in total. The van der Waals surface area contributed by atoms with Crippen LogP contribution in [0.3, 0.4) is 0 Å². The summed E-state index contributed by atoms with van der Waals surface area (Å²) in [6, 6.07) is 0.144. The fraction of sp³-hybridized carbons (Fsp3) is 1.00. The molecule has 2 unspecified atom stereocenters. The Morgan fingerprint density at radius 2 is 1.86 bits per heavy atom. The highest BCUT2D eigenvalue weighted by molar-refractivity contribution is 5.03. The molecule has 0 aromatic heterocycles. The topological polar surface area (TPSA) is 49.5 Å². The molecule has 0 bridgehead atoms. The van der Waals surface area contributed by atoms with Crippen LogP contribution in [0.25, 0.3) is 0 Å². The SMILES string of the molecule is CC(O)N1C(C)(C)CCC(N)C1(C)C. The third-order valence-electron chi connectivity index (χ3n) is 3.62. The summed E-state index contributed by atoms with van der Waals surface area (Å²) in [6.45, 7) is 10.4. The predicted molar refractivity (Wildman–Crippen MR) is 58.9 cm³/mol. The van der Waals surface area contributed by atoms with E-state index in [1.807, 2.05) is 6.92 Å². The first kappa shape index (κ1) is 12.0. The molecule has 84 valence electrons. The first-order valence-electron chi connectivity index (χ1n) is 5.42. The maximum absolute atomic E-state index is 9.84.